The highest BCUT2D eigenvalue weighted by Gasteiger charge is 2.21. The molecule has 1 heterocycles. The Morgan fingerprint density at radius 1 is 1.16 bits per heavy atom. The zero-order chi connectivity index (χ0) is 13.7. The largest absolute Gasteiger partial charge is 0.317 e. The minimum Gasteiger partial charge on any atom is -0.317 e. The predicted molar refractivity (Wildman–Crippen MR) is 67.6 cm³/mol. The van der Waals surface area contributed by atoms with Gasteiger partial charge in [0.25, 0.3) is 5.91 Å². The Morgan fingerprint density at radius 2 is 1.84 bits per heavy atom. The van der Waals surface area contributed by atoms with Gasteiger partial charge in [0.15, 0.2) is 0 Å². The minimum absolute atomic E-state index is 0.0897. The maximum absolute atomic E-state index is 13.3. The van der Waals surface area contributed by atoms with Crippen molar-refractivity contribution in [3.05, 3.63) is 35.6 Å². The number of piperidine rings is 1. The van der Waals surface area contributed by atoms with Crippen LogP contribution in [0.1, 0.15) is 23.2 Å². The zero-order valence-corrected chi connectivity index (χ0v) is 10.4. The molecule has 1 fully saturated rings. The first-order chi connectivity index (χ1) is 9.18. The summed E-state index contributed by atoms with van der Waals surface area (Å²) >= 11 is 0. The lowest BCUT2D eigenvalue weighted by Gasteiger charge is -2.21. The summed E-state index contributed by atoms with van der Waals surface area (Å²) in [5.41, 5.74) is 4.49. The van der Waals surface area contributed by atoms with E-state index in [2.05, 4.69) is 16.2 Å². The van der Waals surface area contributed by atoms with E-state index in [1.165, 1.54) is 18.2 Å². The second kappa shape index (κ2) is 6.29. The molecular weight excluding hydrogens is 249 g/mol. The van der Waals surface area contributed by atoms with E-state index in [4.69, 9.17) is 0 Å². The maximum atomic E-state index is 13.3. The molecule has 0 atom stereocenters. The molecule has 5 nitrogen and oxygen atoms in total. The average Bonchev–Trinajstić information content (AvgIpc) is 2.46. The van der Waals surface area contributed by atoms with Crippen molar-refractivity contribution in [3.63, 3.8) is 0 Å². The van der Waals surface area contributed by atoms with Crippen LogP contribution < -0.4 is 16.2 Å². The van der Waals surface area contributed by atoms with E-state index in [0.29, 0.717) is 0 Å². The Hall–Kier alpha value is -1.95. The van der Waals surface area contributed by atoms with Gasteiger partial charge in [-0.3, -0.25) is 20.4 Å². The first kappa shape index (κ1) is 13.5. The first-order valence-corrected chi connectivity index (χ1v) is 6.24. The van der Waals surface area contributed by atoms with Crippen molar-refractivity contribution >= 4 is 11.8 Å². The standard InChI is InChI=1S/C13H16FN3O2/c14-11-4-2-1-3-10(11)13(19)17-16-12(18)9-5-7-15-8-6-9/h1-4,9,15H,5-8H2,(H,16,18)(H,17,19). The topological polar surface area (TPSA) is 70.2 Å². The summed E-state index contributed by atoms with van der Waals surface area (Å²) in [5.74, 6) is -1.61. The highest BCUT2D eigenvalue weighted by atomic mass is 19.1. The van der Waals surface area contributed by atoms with Gasteiger partial charge < -0.3 is 5.32 Å². The van der Waals surface area contributed by atoms with Crippen LogP contribution in [0.15, 0.2) is 24.3 Å². The second-order valence-electron chi connectivity index (χ2n) is 4.45. The van der Waals surface area contributed by atoms with Gasteiger partial charge in [-0.25, -0.2) is 4.39 Å². The molecule has 1 saturated heterocycles. The van der Waals surface area contributed by atoms with Gasteiger partial charge in [0.1, 0.15) is 5.82 Å². The fourth-order valence-corrected chi connectivity index (χ4v) is 2.02. The molecule has 6 heteroatoms. The van der Waals surface area contributed by atoms with Crippen LogP contribution in [-0.4, -0.2) is 24.9 Å². The van der Waals surface area contributed by atoms with Crippen molar-refractivity contribution in [1.82, 2.24) is 16.2 Å². The third-order valence-electron chi connectivity index (χ3n) is 3.13. The summed E-state index contributed by atoms with van der Waals surface area (Å²) in [6.07, 6.45) is 1.48. The maximum Gasteiger partial charge on any atom is 0.272 e. The molecule has 19 heavy (non-hydrogen) atoms. The minimum atomic E-state index is -0.652. The molecule has 0 aromatic heterocycles. The number of benzene rings is 1. The number of halogens is 1. The Labute approximate surface area is 110 Å². The number of hydrazine groups is 1. The lowest BCUT2D eigenvalue weighted by molar-refractivity contribution is -0.126. The lowest BCUT2D eigenvalue weighted by atomic mass is 9.98. The molecule has 0 spiro atoms. The van der Waals surface area contributed by atoms with E-state index >= 15 is 0 Å². The van der Waals surface area contributed by atoms with Crippen LogP contribution in [0.5, 0.6) is 0 Å². The van der Waals surface area contributed by atoms with E-state index in [9.17, 15) is 14.0 Å². The Morgan fingerprint density at radius 3 is 2.53 bits per heavy atom. The van der Waals surface area contributed by atoms with E-state index in [0.717, 1.165) is 25.9 Å². The molecule has 2 rings (SSSR count). The van der Waals surface area contributed by atoms with Crippen molar-refractivity contribution in [1.29, 1.82) is 0 Å². The fourth-order valence-electron chi connectivity index (χ4n) is 2.02. The smallest absolute Gasteiger partial charge is 0.272 e. The summed E-state index contributed by atoms with van der Waals surface area (Å²) in [6, 6.07) is 5.62. The van der Waals surface area contributed by atoms with Gasteiger partial charge in [-0.1, -0.05) is 12.1 Å². The summed E-state index contributed by atoms with van der Waals surface area (Å²) in [6.45, 7) is 1.58. The molecule has 1 aliphatic rings. The Bertz CT molecular complexity index is 473. The molecule has 2 amide bonds. The molecule has 0 saturated carbocycles. The summed E-state index contributed by atoms with van der Waals surface area (Å²) in [4.78, 5) is 23.4. The number of hydrogen-bond donors (Lipinski definition) is 3. The van der Waals surface area contributed by atoms with E-state index in [1.807, 2.05) is 0 Å². The number of carbonyl (C=O) groups excluding carboxylic acids is 2. The normalized spacial score (nSPS) is 15.8. The number of rotatable bonds is 2. The van der Waals surface area contributed by atoms with Gasteiger partial charge >= 0.3 is 0 Å². The molecule has 3 N–H and O–H groups in total. The van der Waals surface area contributed by atoms with Crippen molar-refractivity contribution in [2.75, 3.05) is 13.1 Å². The lowest BCUT2D eigenvalue weighted by Crippen LogP contribution is -2.46. The van der Waals surface area contributed by atoms with Crippen LogP contribution in [0.3, 0.4) is 0 Å². The highest BCUT2D eigenvalue weighted by molar-refractivity contribution is 5.95. The molecule has 1 aromatic rings. The van der Waals surface area contributed by atoms with Gasteiger partial charge in [0, 0.05) is 5.92 Å². The monoisotopic (exact) mass is 265 g/mol. The number of amides is 2. The summed E-state index contributed by atoms with van der Waals surface area (Å²) in [5, 5.41) is 3.15. The third-order valence-corrected chi connectivity index (χ3v) is 3.13. The number of nitrogens with one attached hydrogen (secondary N) is 3. The average molecular weight is 265 g/mol. The van der Waals surface area contributed by atoms with Crippen LogP contribution >= 0.6 is 0 Å². The predicted octanol–water partition coefficient (Wildman–Crippen LogP) is 0.586. The molecule has 1 aliphatic heterocycles. The number of hydrogen-bond acceptors (Lipinski definition) is 3. The van der Waals surface area contributed by atoms with Crippen molar-refractivity contribution in [3.8, 4) is 0 Å². The van der Waals surface area contributed by atoms with Crippen LogP contribution in [0.2, 0.25) is 0 Å². The molecular formula is C13H16FN3O2. The van der Waals surface area contributed by atoms with Gasteiger partial charge in [-0.2, -0.15) is 0 Å². The Balaban J connectivity index is 1.86. The molecule has 0 aliphatic carbocycles. The van der Waals surface area contributed by atoms with Crippen LogP contribution in [0.25, 0.3) is 0 Å². The van der Waals surface area contributed by atoms with Gasteiger partial charge in [0.2, 0.25) is 5.91 Å². The Kier molecular flexibility index (Phi) is 4.46. The fraction of sp³-hybridized carbons (Fsp3) is 0.385. The van der Waals surface area contributed by atoms with Crippen molar-refractivity contribution in [2.24, 2.45) is 5.92 Å². The van der Waals surface area contributed by atoms with Gasteiger partial charge in [-0.15, -0.1) is 0 Å². The molecule has 0 radical (unpaired) electrons. The van der Waals surface area contributed by atoms with Gasteiger partial charge in [0.05, 0.1) is 5.56 Å². The van der Waals surface area contributed by atoms with Gasteiger partial charge in [-0.05, 0) is 38.1 Å². The van der Waals surface area contributed by atoms with Crippen LogP contribution in [-0.2, 0) is 4.79 Å². The molecule has 0 bridgehead atoms. The highest BCUT2D eigenvalue weighted by Crippen LogP contribution is 2.11. The third kappa shape index (κ3) is 3.51. The SMILES string of the molecule is O=C(NNC(=O)C1CCNCC1)c1ccccc1F. The molecule has 0 unspecified atom stereocenters. The van der Waals surface area contributed by atoms with Crippen LogP contribution in [0.4, 0.5) is 4.39 Å². The van der Waals surface area contributed by atoms with Crippen molar-refractivity contribution in [2.45, 2.75) is 12.8 Å². The van der Waals surface area contributed by atoms with E-state index < -0.39 is 11.7 Å². The molecule has 102 valence electrons. The zero-order valence-electron chi connectivity index (χ0n) is 10.4. The number of carbonyl (C=O) groups is 2. The van der Waals surface area contributed by atoms with Crippen LogP contribution in [0, 0.1) is 11.7 Å². The summed E-state index contributed by atoms with van der Waals surface area (Å²) in [7, 11) is 0. The first-order valence-electron chi connectivity index (χ1n) is 6.24. The summed E-state index contributed by atoms with van der Waals surface area (Å²) < 4.78 is 13.3. The van der Waals surface area contributed by atoms with E-state index in [-0.39, 0.29) is 17.4 Å². The second-order valence-corrected chi connectivity index (χ2v) is 4.45. The van der Waals surface area contributed by atoms with Crippen molar-refractivity contribution < 1.29 is 14.0 Å². The quantitative estimate of drug-likeness (QED) is 0.685. The van der Waals surface area contributed by atoms with E-state index in [1.54, 1.807) is 6.07 Å². The molecule has 1 aromatic carbocycles.